The SMILES string of the molecule is C[C@@H]1CCCN(C(=O)CSc2nnc(-c3ccccc3F)n2-c2ccccc2)C1. The fraction of sp³-hybridized carbons (Fsp3) is 0.318. The first-order chi connectivity index (χ1) is 14.1. The molecule has 1 aromatic heterocycles. The molecule has 0 N–H and O–H groups in total. The highest BCUT2D eigenvalue weighted by Gasteiger charge is 2.23. The maximum absolute atomic E-state index is 14.4. The Morgan fingerprint density at radius 1 is 1.14 bits per heavy atom. The summed E-state index contributed by atoms with van der Waals surface area (Å²) in [6.07, 6.45) is 2.22. The number of likely N-dealkylation sites (tertiary alicyclic amines) is 1. The minimum absolute atomic E-state index is 0.108. The van der Waals surface area contributed by atoms with Crippen LogP contribution < -0.4 is 0 Å². The molecule has 0 radical (unpaired) electrons. The third-order valence-electron chi connectivity index (χ3n) is 5.10. The van der Waals surface area contributed by atoms with Crippen LogP contribution in [0.1, 0.15) is 19.8 Å². The molecule has 0 bridgehead atoms. The third-order valence-corrected chi connectivity index (χ3v) is 6.01. The highest BCUT2D eigenvalue weighted by Crippen LogP contribution is 2.29. The highest BCUT2D eigenvalue weighted by molar-refractivity contribution is 7.99. The summed E-state index contributed by atoms with van der Waals surface area (Å²) >= 11 is 1.34. The van der Waals surface area contributed by atoms with Gasteiger partial charge in [-0.25, -0.2) is 4.39 Å². The van der Waals surface area contributed by atoms with E-state index in [1.54, 1.807) is 18.2 Å². The molecule has 0 spiro atoms. The Morgan fingerprint density at radius 3 is 2.66 bits per heavy atom. The van der Waals surface area contributed by atoms with E-state index in [2.05, 4.69) is 17.1 Å². The molecule has 1 atom stereocenters. The fourth-order valence-corrected chi connectivity index (χ4v) is 4.48. The molecule has 2 aromatic carbocycles. The van der Waals surface area contributed by atoms with Gasteiger partial charge in [-0.2, -0.15) is 0 Å². The maximum Gasteiger partial charge on any atom is 0.233 e. The molecule has 7 heteroatoms. The Balaban J connectivity index is 1.62. The number of benzene rings is 2. The van der Waals surface area contributed by atoms with Crippen LogP contribution in [0.2, 0.25) is 0 Å². The summed E-state index contributed by atoms with van der Waals surface area (Å²) in [7, 11) is 0. The minimum Gasteiger partial charge on any atom is -0.342 e. The largest absolute Gasteiger partial charge is 0.342 e. The summed E-state index contributed by atoms with van der Waals surface area (Å²) in [5.41, 5.74) is 1.21. The predicted molar refractivity (Wildman–Crippen MR) is 112 cm³/mol. The topological polar surface area (TPSA) is 51.0 Å². The van der Waals surface area contributed by atoms with E-state index in [4.69, 9.17) is 0 Å². The van der Waals surface area contributed by atoms with Gasteiger partial charge < -0.3 is 4.90 Å². The molecule has 1 aliphatic rings. The van der Waals surface area contributed by atoms with Crippen LogP contribution >= 0.6 is 11.8 Å². The zero-order chi connectivity index (χ0) is 20.2. The van der Waals surface area contributed by atoms with E-state index < -0.39 is 0 Å². The van der Waals surface area contributed by atoms with E-state index in [-0.39, 0.29) is 17.5 Å². The number of rotatable bonds is 5. The van der Waals surface area contributed by atoms with Gasteiger partial charge >= 0.3 is 0 Å². The Hall–Kier alpha value is -2.67. The number of halogens is 1. The van der Waals surface area contributed by atoms with E-state index in [0.29, 0.717) is 22.5 Å². The lowest BCUT2D eigenvalue weighted by atomic mass is 10.0. The molecule has 0 aliphatic carbocycles. The van der Waals surface area contributed by atoms with E-state index in [1.807, 2.05) is 39.8 Å². The minimum atomic E-state index is -0.355. The van der Waals surface area contributed by atoms with Crippen molar-refractivity contribution in [1.29, 1.82) is 0 Å². The molecule has 1 amide bonds. The standard InChI is InChI=1S/C22H23FN4OS/c1-16-8-7-13-26(14-16)20(28)15-29-22-25-24-21(18-11-5-6-12-19(18)23)27(22)17-9-3-2-4-10-17/h2-6,9-12,16H,7-8,13-15H2,1H3/t16-/m1/s1. The second-order valence-corrected chi connectivity index (χ2v) is 8.28. The summed E-state index contributed by atoms with van der Waals surface area (Å²) in [5, 5.41) is 9.11. The van der Waals surface area contributed by atoms with Crippen molar-refractivity contribution in [3.8, 4) is 17.1 Å². The van der Waals surface area contributed by atoms with Crippen LogP contribution in [0.4, 0.5) is 4.39 Å². The van der Waals surface area contributed by atoms with Crippen LogP contribution in [0.3, 0.4) is 0 Å². The van der Waals surface area contributed by atoms with Gasteiger partial charge in [0.05, 0.1) is 11.3 Å². The maximum atomic E-state index is 14.4. The van der Waals surface area contributed by atoms with Crippen LogP contribution in [0.15, 0.2) is 59.8 Å². The van der Waals surface area contributed by atoms with Crippen LogP contribution in [0.5, 0.6) is 0 Å². The van der Waals surface area contributed by atoms with Gasteiger partial charge in [-0.1, -0.05) is 49.0 Å². The lowest BCUT2D eigenvalue weighted by Gasteiger charge is -2.30. The van der Waals surface area contributed by atoms with Gasteiger partial charge in [0.1, 0.15) is 5.82 Å². The van der Waals surface area contributed by atoms with E-state index in [1.165, 1.54) is 24.2 Å². The highest BCUT2D eigenvalue weighted by atomic mass is 32.2. The summed E-state index contributed by atoms with van der Waals surface area (Å²) in [6, 6.07) is 16.1. The first kappa shape index (κ1) is 19.6. The second kappa shape index (κ2) is 8.78. The van der Waals surface area contributed by atoms with Crippen molar-refractivity contribution < 1.29 is 9.18 Å². The number of amides is 1. The lowest BCUT2D eigenvalue weighted by Crippen LogP contribution is -2.40. The normalized spacial score (nSPS) is 16.8. The van der Waals surface area contributed by atoms with Crippen molar-refractivity contribution in [1.82, 2.24) is 19.7 Å². The van der Waals surface area contributed by atoms with Crippen LogP contribution in [-0.4, -0.2) is 44.4 Å². The molecule has 0 unspecified atom stereocenters. The number of piperidine rings is 1. The fourth-order valence-electron chi connectivity index (χ4n) is 3.62. The van der Waals surface area contributed by atoms with Gasteiger partial charge in [-0.15, -0.1) is 10.2 Å². The number of nitrogens with zero attached hydrogens (tertiary/aromatic N) is 4. The zero-order valence-corrected chi connectivity index (χ0v) is 17.1. The van der Waals surface area contributed by atoms with Gasteiger partial charge in [0, 0.05) is 18.8 Å². The van der Waals surface area contributed by atoms with Crippen molar-refractivity contribution in [2.45, 2.75) is 24.9 Å². The number of carbonyl (C=O) groups is 1. The number of carbonyl (C=O) groups excluding carboxylic acids is 1. The molecule has 1 saturated heterocycles. The van der Waals surface area contributed by atoms with Crippen LogP contribution in [0, 0.1) is 11.7 Å². The average molecular weight is 411 g/mol. The molecule has 4 rings (SSSR count). The van der Waals surface area contributed by atoms with Crippen molar-refractivity contribution >= 4 is 17.7 Å². The van der Waals surface area contributed by atoms with Gasteiger partial charge in [-0.05, 0) is 43.0 Å². The second-order valence-electron chi connectivity index (χ2n) is 7.33. The lowest BCUT2D eigenvalue weighted by molar-refractivity contribution is -0.130. The summed E-state index contributed by atoms with van der Waals surface area (Å²) in [4.78, 5) is 14.6. The molecule has 3 aromatic rings. The molecule has 5 nitrogen and oxygen atoms in total. The number of hydrogen-bond donors (Lipinski definition) is 0. The summed E-state index contributed by atoms with van der Waals surface area (Å²) < 4.78 is 16.2. The number of thioether (sulfide) groups is 1. The monoisotopic (exact) mass is 410 g/mol. The predicted octanol–water partition coefficient (Wildman–Crippen LogP) is 4.42. The smallest absolute Gasteiger partial charge is 0.233 e. The van der Waals surface area contributed by atoms with Gasteiger partial charge in [0.2, 0.25) is 5.91 Å². The Labute approximate surface area is 173 Å². The molecule has 1 aliphatic heterocycles. The number of para-hydroxylation sites is 1. The van der Waals surface area contributed by atoms with Crippen molar-refractivity contribution in [3.05, 3.63) is 60.4 Å². The molecule has 0 saturated carbocycles. The van der Waals surface area contributed by atoms with Crippen molar-refractivity contribution in [3.63, 3.8) is 0 Å². The first-order valence-corrected chi connectivity index (χ1v) is 10.8. The summed E-state index contributed by atoms with van der Waals surface area (Å²) in [6.45, 7) is 3.81. The third kappa shape index (κ3) is 4.34. The van der Waals surface area contributed by atoms with E-state index in [0.717, 1.165) is 25.2 Å². The van der Waals surface area contributed by atoms with E-state index in [9.17, 15) is 9.18 Å². The molecule has 150 valence electrons. The Kier molecular flexibility index (Phi) is 5.94. The van der Waals surface area contributed by atoms with Gasteiger partial charge in [0.15, 0.2) is 11.0 Å². The number of hydrogen-bond acceptors (Lipinski definition) is 4. The van der Waals surface area contributed by atoms with Gasteiger partial charge in [-0.3, -0.25) is 9.36 Å². The zero-order valence-electron chi connectivity index (χ0n) is 16.3. The van der Waals surface area contributed by atoms with E-state index >= 15 is 0 Å². The van der Waals surface area contributed by atoms with Crippen molar-refractivity contribution in [2.75, 3.05) is 18.8 Å². The molecule has 29 heavy (non-hydrogen) atoms. The Morgan fingerprint density at radius 2 is 1.90 bits per heavy atom. The molecular weight excluding hydrogens is 387 g/mol. The van der Waals surface area contributed by atoms with Crippen LogP contribution in [-0.2, 0) is 4.79 Å². The molecule has 1 fully saturated rings. The Bertz CT molecular complexity index is 991. The van der Waals surface area contributed by atoms with Crippen molar-refractivity contribution in [2.24, 2.45) is 5.92 Å². The van der Waals surface area contributed by atoms with Gasteiger partial charge in [0.25, 0.3) is 0 Å². The first-order valence-electron chi connectivity index (χ1n) is 9.80. The number of aromatic nitrogens is 3. The molecular formula is C22H23FN4OS. The molecule has 2 heterocycles. The quantitative estimate of drug-likeness (QED) is 0.584. The average Bonchev–Trinajstić information content (AvgIpc) is 3.16. The summed E-state index contributed by atoms with van der Waals surface area (Å²) in [5.74, 6) is 1.01. The van der Waals surface area contributed by atoms with Crippen LogP contribution in [0.25, 0.3) is 17.1 Å².